The van der Waals surface area contributed by atoms with E-state index < -0.39 is 5.97 Å². The summed E-state index contributed by atoms with van der Waals surface area (Å²) in [6.07, 6.45) is 1.72. The molecule has 1 aliphatic heterocycles. The van der Waals surface area contributed by atoms with Crippen LogP contribution in [0.5, 0.6) is 17.2 Å². The van der Waals surface area contributed by atoms with E-state index in [1.54, 1.807) is 66.6 Å². The fourth-order valence-corrected chi connectivity index (χ4v) is 4.90. The molecule has 0 atom stereocenters. The number of hydrogen-bond donors (Lipinski definition) is 1. The van der Waals surface area contributed by atoms with Crippen LogP contribution in [0.3, 0.4) is 0 Å². The number of aromatic carboxylic acids is 1. The lowest BCUT2D eigenvalue weighted by Gasteiger charge is -2.16. The maximum Gasteiger partial charge on any atom is 0.335 e. The van der Waals surface area contributed by atoms with Gasteiger partial charge in [-0.25, -0.2) is 9.79 Å². The van der Waals surface area contributed by atoms with Crippen molar-refractivity contribution in [3.63, 3.8) is 0 Å². The molecule has 0 aromatic heterocycles. The van der Waals surface area contributed by atoms with Crippen LogP contribution in [0, 0.1) is 0 Å². The van der Waals surface area contributed by atoms with Crippen LogP contribution in [0.2, 0.25) is 5.02 Å². The van der Waals surface area contributed by atoms with Gasteiger partial charge < -0.3 is 19.3 Å². The molecule has 0 spiro atoms. The molecule has 0 radical (unpaired) electrons. The third-order valence-corrected chi connectivity index (χ3v) is 6.77. The molecule has 3 aromatic rings. The first-order valence-electron chi connectivity index (χ1n) is 11.0. The number of benzene rings is 3. The van der Waals surface area contributed by atoms with Crippen molar-refractivity contribution in [2.45, 2.75) is 6.54 Å². The maximum absolute atomic E-state index is 13.5. The predicted octanol–water partition coefficient (Wildman–Crippen LogP) is 5.87. The highest BCUT2D eigenvalue weighted by Crippen LogP contribution is 2.39. The van der Waals surface area contributed by atoms with E-state index in [0.29, 0.717) is 43.6 Å². The Morgan fingerprint density at radius 1 is 1.03 bits per heavy atom. The van der Waals surface area contributed by atoms with E-state index in [1.165, 1.54) is 38.1 Å². The number of aliphatic imine (C=N–C) groups is 1. The fourth-order valence-electron chi connectivity index (χ4n) is 3.61. The minimum Gasteiger partial charge on any atom is -0.497 e. The third kappa shape index (κ3) is 5.90. The van der Waals surface area contributed by atoms with Crippen molar-refractivity contribution in [1.29, 1.82) is 0 Å². The number of thioether (sulfide) groups is 1. The van der Waals surface area contributed by atoms with Gasteiger partial charge in [0.2, 0.25) is 0 Å². The second-order valence-electron chi connectivity index (χ2n) is 7.83. The Bertz CT molecular complexity index is 1390. The molecule has 3 aromatic carbocycles. The van der Waals surface area contributed by atoms with Crippen LogP contribution in [0.4, 0.5) is 5.69 Å². The smallest absolute Gasteiger partial charge is 0.335 e. The second-order valence-corrected chi connectivity index (χ2v) is 9.25. The van der Waals surface area contributed by atoms with Crippen LogP contribution in [-0.2, 0) is 11.3 Å². The summed E-state index contributed by atoms with van der Waals surface area (Å²) in [7, 11) is 4.60. The van der Waals surface area contributed by atoms with Gasteiger partial charge in [-0.15, -0.1) is 0 Å². The molecule has 0 saturated carbocycles. The van der Waals surface area contributed by atoms with Gasteiger partial charge in [-0.1, -0.05) is 23.7 Å². The maximum atomic E-state index is 13.5. The zero-order valence-electron chi connectivity index (χ0n) is 20.2. The van der Waals surface area contributed by atoms with Crippen molar-refractivity contribution < 1.29 is 28.9 Å². The molecule has 0 bridgehead atoms. The SMILES string of the molecule is COc1ccc(N=C2S/C(=C\c3cc(Cl)c(OC)c(OC)c3)C(=O)N2Cc2ccc(C(=O)O)cc2)cc1. The molecular formula is C27H23ClN2O6S. The molecule has 1 fully saturated rings. The molecule has 1 amide bonds. The summed E-state index contributed by atoms with van der Waals surface area (Å²) in [6.45, 7) is 0.213. The Morgan fingerprint density at radius 2 is 1.73 bits per heavy atom. The van der Waals surface area contributed by atoms with E-state index in [4.69, 9.17) is 30.8 Å². The lowest BCUT2D eigenvalue weighted by atomic mass is 10.1. The summed E-state index contributed by atoms with van der Waals surface area (Å²) in [5.74, 6) is 0.287. The number of nitrogens with zero attached hydrogens (tertiary/aromatic N) is 2. The number of halogens is 1. The Morgan fingerprint density at radius 3 is 2.32 bits per heavy atom. The van der Waals surface area contributed by atoms with Crippen molar-refractivity contribution in [2.75, 3.05) is 21.3 Å². The van der Waals surface area contributed by atoms with Crippen molar-refractivity contribution >= 4 is 52.2 Å². The minimum atomic E-state index is -1.01. The number of carbonyl (C=O) groups excluding carboxylic acids is 1. The molecule has 1 heterocycles. The number of carbonyl (C=O) groups is 2. The van der Waals surface area contributed by atoms with Gasteiger partial charge in [0.15, 0.2) is 16.7 Å². The fraction of sp³-hybridized carbons (Fsp3) is 0.148. The molecule has 1 aliphatic rings. The lowest BCUT2D eigenvalue weighted by Crippen LogP contribution is -2.28. The van der Waals surface area contributed by atoms with E-state index >= 15 is 0 Å². The molecule has 1 saturated heterocycles. The highest BCUT2D eigenvalue weighted by Gasteiger charge is 2.33. The standard InChI is InChI=1S/C27H23ClN2O6S/c1-34-20-10-8-19(9-11-20)29-27-30(15-16-4-6-18(7-5-16)26(32)33)25(31)23(37-27)14-17-12-21(28)24(36-3)22(13-17)35-2/h4-14H,15H2,1-3H3,(H,32,33)/b23-14-,29-27?. The number of amides is 1. The topological polar surface area (TPSA) is 97.7 Å². The Hall–Kier alpha value is -3.95. The molecular weight excluding hydrogens is 516 g/mol. The average Bonchev–Trinajstić information content (AvgIpc) is 3.17. The van der Waals surface area contributed by atoms with E-state index in [2.05, 4.69) is 0 Å². The van der Waals surface area contributed by atoms with Gasteiger partial charge in [0.05, 0.1) is 49.1 Å². The summed E-state index contributed by atoms with van der Waals surface area (Å²) in [4.78, 5) is 31.4. The van der Waals surface area contributed by atoms with Crippen LogP contribution in [0.1, 0.15) is 21.5 Å². The summed E-state index contributed by atoms with van der Waals surface area (Å²) in [6, 6.07) is 17.0. The molecule has 0 aliphatic carbocycles. The van der Waals surface area contributed by atoms with Crippen LogP contribution in [-0.4, -0.2) is 48.4 Å². The van der Waals surface area contributed by atoms with E-state index in [1.807, 2.05) is 0 Å². The third-order valence-electron chi connectivity index (χ3n) is 5.48. The Balaban J connectivity index is 1.71. The van der Waals surface area contributed by atoms with E-state index in [9.17, 15) is 14.7 Å². The monoisotopic (exact) mass is 538 g/mol. The summed E-state index contributed by atoms with van der Waals surface area (Å²) in [5.41, 5.74) is 2.24. The highest BCUT2D eigenvalue weighted by atomic mass is 35.5. The number of rotatable bonds is 8. The molecule has 10 heteroatoms. The van der Waals surface area contributed by atoms with Crippen molar-refractivity contribution in [2.24, 2.45) is 4.99 Å². The predicted molar refractivity (Wildman–Crippen MR) is 144 cm³/mol. The van der Waals surface area contributed by atoms with Crippen LogP contribution in [0.15, 0.2) is 70.6 Å². The first-order valence-corrected chi connectivity index (χ1v) is 12.2. The van der Waals surface area contributed by atoms with Crippen molar-refractivity contribution in [1.82, 2.24) is 4.90 Å². The van der Waals surface area contributed by atoms with Gasteiger partial charge in [0, 0.05) is 0 Å². The zero-order valence-corrected chi connectivity index (χ0v) is 21.8. The van der Waals surface area contributed by atoms with Gasteiger partial charge >= 0.3 is 5.97 Å². The van der Waals surface area contributed by atoms with Crippen LogP contribution < -0.4 is 14.2 Å². The Labute approximate surface area is 223 Å². The molecule has 37 heavy (non-hydrogen) atoms. The van der Waals surface area contributed by atoms with Gasteiger partial charge in [0.25, 0.3) is 5.91 Å². The first kappa shape index (κ1) is 26.1. The van der Waals surface area contributed by atoms with Crippen molar-refractivity contribution in [3.8, 4) is 17.2 Å². The number of carboxylic acids is 1. The summed E-state index contributed by atoms with van der Waals surface area (Å²) in [5, 5.41) is 10.0. The van der Waals surface area contributed by atoms with Crippen LogP contribution >= 0.6 is 23.4 Å². The molecule has 4 rings (SSSR count). The number of ether oxygens (including phenoxy) is 3. The van der Waals surface area contributed by atoms with Gasteiger partial charge in [-0.3, -0.25) is 9.69 Å². The average molecular weight is 539 g/mol. The zero-order chi connectivity index (χ0) is 26.5. The number of methoxy groups -OCH3 is 3. The van der Waals surface area contributed by atoms with Crippen molar-refractivity contribution in [3.05, 3.63) is 87.3 Å². The van der Waals surface area contributed by atoms with Gasteiger partial charge in [-0.2, -0.15) is 0 Å². The molecule has 8 nitrogen and oxygen atoms in total. The number of amidine groups is 1. The van der Waals surface area contributed by atoms with E-state index in [-0.39, 0.29) is 18.0 Å². The summed E-state index contributed by atoms with van der Waals surface area (Å²) >= 11 is 7.58. The minimum absolute atomic E-state index is 0.170. The molecule has 190 valence electrons. The first-order chi connectivity index (χ1) is 17.8. The normalized spacial score (nSPS) is 15.4. The largest absolute Gasteiger partial charge is 0.497 e. The number of carboxylic acid groups (broad SMARTS) is 1. The molecule has 1 N–H and O–H groups in total. The van der Waals surface area contributed by atoms with Crippen LogP contribution in [0.25, 0.3) is 6.08 Å². The Kier molecular flexibility index (Phi) is 8.05. The second kappa shape index (κ2) is 11.4. The van der Waals surface area contributed by atoms with Gasteiger partial charge in [-0.05, 0) is 77.5 Å². The summed E-state index contributed by atoms with van der Waals surface area (Å²) < 4.78 is 15.9. The lowest BCUT2D eigenvalue weighted by molar-refractivity contribution is -0.122. The highest BCUT2D eigenvalue weighted by molar-refractivity contribution is 8.18. The number of hydrogen-bond acceptors (Lipinski definition) is 7. The quantitative estimate of drug-likeness (QED) is 0.358. The molecule has 0 unspecified atom stereocenters. The van der Waals surface area contributed by atoms with E-state index in [0.717, 1.165) is 5.56 Å². The van der Waals surface area contributed by atoms with Gasteiger partial charge in [0.1, 0.15) is 5.75 Å².